The number of carbonyl (C=O) groups excluding carboxylic acids is 1. The topological polar surface area (TPSA) is 118 Å². The van der Waals surface area contributed by atoms with E-state index in [0.29, 0.717) is 13.0 Å². The molecule has 1 unspecified atom stereocenters. The molecule has 0 saturated carbocycles. The predicted octanol–water partition coefficient (Wildman–Crippen LogP) is 8.05. The van der Waals surface area contributed by atoms with Gasteiger partial charge in [-0.2, -0.15) is 0 Å². The fourth-order valence-corrected chi connectivity index (χ4v) is 6.23. The zero-order valence-corrected chi connectivity index (χ0v) is 25.1. The molecule has 0 aliphatic carbocycles. The Morgan fingerprint density at radius 2 is 1.42 bits per heavy atom. The van der Waals surface area contributed by atoms with E-state index in [4.69, 9.17) is 4.74 Å². The van der Waals surface area contributed by atoms with Crippen molar-refractivity contribution >= 4 is 50.9 Å². The summed E-state index contributed by atoms with van der Waals surface area (Å²) in [6.45, 7) is 5.95. The van der Waals surface area contributed by atoms with Crippen LogP contribution in [0.5, 0.6) is 0 Å². The number of benzene rings is 4. The lowest BCUT2D eigenvalue weighted by molar-refractivity contribution is -0.385. The number of non-ortho nitro benzene ring substituents is 2. The average Bonchev–Trinajstić information content (AvgIpc) is 3.28. The van der Waals surface area contributed by atoms with Crippen LogP contribution in [0.15, 0.2) is 89.8 Å². The molecule has 1 atom stereocenters. The number of nitro groups is 2. The Balaban J connectivity index is 1.68. The number of carbonyl (C=O) groups is 1. The van der Waals surface area contributed by atoms with E-state index in [1.807, 2.05) is 57.4 Å². The van der Waals surface area contributed by atoms with Gasteiger partial charge in [0.05, 0.1) is 21.3 Å². The van der Waals surface area contributed by atoms with Crippen molar-refractivity contribution in [1.82, 2.24) is 4.57 Å². The molecule has 0 aliphatic rings. The van der Waals surface area contributed by atoms with Gasteiger partial charge in [-0.15, -0.1) is 11.8 Å². The molecule has 0 spiro atoms. The van der Waals surface area contributed by atoms with E-state index >= 15 is 0 Å². The number of ether oxygens (including phenoxy) is 1. The summed E-state index contributed by atoms with van der Waals surface area (Å²) in [5.74, 6) is -1.04. The van der Waals surface area contributed by atoms with Crippen LogP contribution < -0.4 is 0 Å². The van der Waals surface area contributed by atoms with Gasteiger partial charge >= 0.3 is 5.97 Å². The number of nitrogens with zero attached hydrogens (tertiary/aromatic N) is 3. The maximum absolute atomic E-state index is 13.8. The van der Waals surface area contributed by atoms with Gasteiger partial charge in [-0.3, -0.25) is 25.0 Å². The van der Waals surface area contributed by atoms with Crippen molar-refractivity contribution < 1.29 is 19.4 Å². The predicted molar refractivity (Wildman–Crippen MR) is 169 cm³/mol. The summed E-state index contributed by atoms with van der Waals surface area (Å²) in [4.78, 5) is 36.3. The van der Waals surface area contributed by atoms with Crippen molar-refractivity contribution in [1.29, 1.82) is 0 Å². The van der Waals surface area contributed by atoms with Crippen molar-refractivity contribution in [3.8, 4) is 0 Å². The molecule has 5 aromatic rings. The number of fused-ring (bicyclic) bond motifs is 3. The normalized spacial score (nSPS) is 12.4. The Labute approximate surface area is 252 Å². The Morgan fingerprint density at radius 1 is 0.837 bits per heavy atom. The lowest BCUT2D eigenvalue weighted by Gasteiger charge is -2.26. The van der Waals surface area contributed by atoms with Crippen molar-refractivity contribution in [2.75, 3.05) is 6.26 Å². The maximum atomic E-state index is 13.8. The zero-order chi connectivity index (χ0) is 30.9. The van der Waals surface area contributed by atoms with Crippen LogP contribution in [0.4, 0.5) is 11.4 Å². The Hall–Kier alpha value is -4.70. The molecular weight excluding hydrogens is 566 g/mol. The second-order valence-corrected chi connectivity index (χ2v) is 12.1. The van der Waals surface area contributed by atoms with Crippen molar-refractivity contribution in [2.45, 2.75) is 50.2 Å². The van der Waals surface area contributed by atoms with E-state index in [1.165, 1.54) is 24.3 Å². The zero-order valence-electron chi connectivity index (χ0n) is 24.3. The Morgan fingerprint density at radius 3 is 1.98 bits per heavy atom. The van der Waals surface area contributed by atoms with Crippen molar-refractivity contribution in [3.63, 3.8) is 0 Å². The van der Waals surface area contributed by atoms with Crippen LogP contribution >= 0.6 is 11.8 Å². The number of hydrogen-bond acceptors (Lipinski definition) is 7. The molecule has 4 aromatic carbocycles. The molecule has 10 heteroatoms. The third-order valence-corrected chi connectivity index (χ3v) is 8.10. The van der Waals surface area contributed by atoms with E-state index in [9.17, 15) is 25.0 Å². The number of aromatic nitrogens is 1. The van der Waals surface area contributed by atoms with Crippen LogP contribution in [0.25, 0.3) is 21.8 Å². The lowest BCUT2D eigenvalue weighted by Crippen LogP contribution is -2.29. The molecule has 0 amide bonds. The minimum atomic E-state index is -0.709. The van der Waals surface area contributed by atoms with Gasteiger partial charge in [-0.1, -0.05) is 54.6 Å². The quantitative estimate of drug-likeness (QED) is 0.0730. The summed E-state index contributed by atoms with van der Waals surface area (Å²) in [5.41, 5.74) is 3.76. The number of nitro benzene ring substituents is 2. The molecule has 1 heterocycles. The molecule has 0 fully saturated rings. The highest BCUT2D eigenvalue weighted by Gasteiger charge is 2.31. The van der Waals surface area contributed by atoms with E-state index in [0.717, 1.165) is 43.4 Å². The van der Waals surface area contributed by atoms with Crippen molar-refractivity contribution in [2.24, 2.45) is 0 Å². The second-order valence-electron chi connectivity index (χ2n) is 11.3. The molecule has 0 aliphatic heterocycles. The van der Waals surface area contributed by atoms with Crippen LogP contribution in [-0.4, -0.2) is 32.2 Å². The first kappa shape index (κ1) is 29.8. The Bertz CT molecular complexity index is 1840. The van der Waals surface area contributed by atoms with E-state index < -0.39 is 21.4 Å². The molecule has 1 aromatic heterocycles. The summed E-state index contributed by atoms with van der Waals surface area (Å²) in [6, 6.07) is 24.9. The molecule has 220 valence electrons. The van der Waals surface area contributed by atoms with Gasteiger partial charge in [0.1, 0.15) is 5.60 Å². The van der Waals surface area contributed by atoms with Crippen LogP contribution in [0.2, 0.25) is 0 Å². The van der Waals surface area contributed by atoms with E-state index in [1.54, 1.807) is 36.0 Å². The standard InChI is InChI=1S/C33H31N3O6S/c1-33(2,3)42-32(37)28(19-21-9-13-23(14-10-21)35(38)39)27-18-17-26-25-7-5-6-8-29(25)34(30(26)31(27)43-4)20-22-11-15-24(16-12-22)36(40)41/h5-18,28H,19-20H2,1-4H3. The Kier molecular flexibility index (Phi) is 8.23. The highest BCUT2D eigenvalue weighted by atomic mass is 32.2. The van der Waals surface area contributed by atoms with Crippen LogP contribution in [0, 0.1) is 20.2 Å². The van der Waals surface area contributed by atoms with Gasteiger partial charge in [-0.05, 0) is 56.2 Å². The summed E-state index contributed by atoms with van der Waals surface area (Å²) < 4.78 is 8.09. The fourth-order valence-electron chi connectivity index (χ4n) is 5.37. The van der Waals surface area contributed by atoms with Crippen LogP contribution in [0.1, 0.15) is 43.4 Å². The molecule has 0 bridgehead atoms. The molecule has 0 radical (unpaired) electrons. The first-order valence-corrected chi connectivity index (χ1v) is 15.0. The molecule has 5 rings (SSSR count). The summed E-state index contributed by atoms with van der Waals surface area (Å²) in [5, 5.41) is 24.5. The molecule has 43 heavy (non-hydrogen) atoms. The number of esters is 1. The van der Waals surface area contributed by atoms with Gasteiger partial charge in [0, 0.05) is 52.0 Å². The van der Waals surface area contributed by atoms with Gasteiger partial charge < -0.3 is 9.30 Å². The van der Waals surface area contributed by atoms with Gasteiger partial charge in [0.25, 0.3) is 11.4 Å². The van der Waals surface area contributed by atoms with Crippen LogP contribution in [0.3, 0.4) is 0 Å². The fraction of sp³-hybridized carbons (Fsp3) is 0.242. The smallest absolute Gasteiger partial charge is 0.314 e. The lowest BCUT2D eigenvalue weighted by atomic mass is 9.90. The van der Waals surface area contributed by atoms with Gasteiger partial charge in [0.15, 0.2) is 0 Å². The monoisotopic (exact) mass is 597 g/mol. The summed E-state index contributed by atoms with van der Waals surface area (Å²) >= 11 is 1.54. The third-order valence-electron chi connectivity index (χ3n) is 7.26. The minimum absolute atomic E-state index is 0.0143. The van der Waals surface area contributed by atoms with E-state index in [-0.39, 0.29) is 17.3 Å². The van der Waals surface area contributed by atoms with Crippen molar-refractivity contribution in [3.05, 3.63) is 122 Å². The van der Waals surface area contributed by atoms with E-state index in [2.05, 4.69) is 10.6 Å². The molecule has 9 nitrogen and oxygen atoms in total. The van der Waals surface area contributed by atoms with Crippen LogP contribution in [-0.2, 0) is 22.5 Å². The number of thioether (sulfide) groups is 1. The number of para-hydroxylation sites is 1. The minimum Gasteiger partial charge on any atom is -0.459 e. The number of hydrogen-bond donors (Lipinski definition) is 0. The SMILES string of the molecule is CSc1c(C(Cc2ccc([N+](=O)[O-])cc2)C(=O)OC(C)(C)C)ccc2c3ccccc3n(Cc3ccc([N+](=O)[O-])cc3)c12. The largest absolute Gasteiger partial charge is 0.459 e. The average molecular weight is 598 g/mol. The first-order valence-electron chi connectivity index (χ1n) is 13.7. The molecule has 0 N–H and O–H groups in total. The third kappa shape index (κ3) is 6.24. The van der Waals surface area contributed by atoms with Gasteiger partial charge in [0.2, 0.25) is 0 Å². The first-order chi connectivity index (χ1) is 20.5. The highest BCUT2D eigenvalue weighted by Crippen LogP contribution is 2.41. The summed E-state index contributed by atoms with van der Waals surface area (Å²) in [6.07, 6.45) is 2.28. The summed E-state index contributed by atoms with van der Waals surface area (Å²) in [7, 11) is 0. The maximum Gasteiger partial charge on any atom is 0.314 e. The second kappa shape index (κ2) is 11.9. The number of rotatable bonds is 9. The highest BCUT2D eigenvalue weighted by molar-refractivity contribution is 7.98. The van der Waals surface area contributed by atoms with Gasteiger partial charge in [-0.25, -0.2) is 0 Å². The molecular formula is C33H31N3O6S. The molecule has 0 saturated heterocycles.